The summed E-state index contributed by atoms with van der Waals surface area (Å²) in [4.78, 5) is 3.64. The Morgan fingerprint density at radius 2 is 0.809 bits per heavy atom. The highest BCUT2D eigenvalue weighted by molar-refractivity contribution is 14.1. The Balaban J connectivity index is 1.20. The van der Waals surface area contributed by atoms with Gasteiger partial charge < -0.3 is 9.80 Å². The van der Waals surface area contributed by atoms with Crippen molar-refractivity contribution in [2.24, 2.45) is 0 Å². The van der Waals surface area contributed by atoms with Crippen molar-refractivity contribution < 1.29 is 17.6 Å². The highest BCUT2D eigenvalue weighted by atomic mass is 127. The molecular formula is C59H49F4IN2Si2. The van der Waals surface area contributed by atoms with Gasteiger partial charge in [-0.25, -0.2) is 17.6 Å². The van der Waals surface area contributed by atoms with E-state index < -0.39 is 39.4 Å². The standard InChI is InChI=1S/C59H49F4IN2Si2/c1-36-10-8-11-39(30-36)48-32-52(62)56(34-50(48)60)65(42-18-22-44(23-19-42)67(2,3)4)54-28-16-37-15-27-47-55(29-17-38-14-26-46(54)58(37)59(38)47)66(43-20-24-45(25-21-43)68(5,6)7)57-35-51(61)49(33-53(57)63)40-12-9-13-41(64)31-40/h8-35H,1-7H3. The summed E-state index contributed by atoms with van der Waals surface area (Å²) in [7, 11) is -3.42. The molecule has 0 N–H and O–H groups in total. The number of benzene rings is 10. The van der Waals surface area contributed by atoms with Crippen LogP contribution in [-0.2, 0) is 0 Å². The topological polar surface area (TPSA) is 6.48 Å². The van der Waals surface area contributed by atoms with E-state index in [0.29, 0.717) is 33.9 Å². The van der Waals surface area contributed by atoms with Gasteiger partial charge in [-0.1, -0.05) is 152 Å². The Labute approximate surface area is 411 Å². The molecule has 0 saturated carbocycles. The second-order valence-corrected chi connectivity index (χ2v) is 31.2. The average Bonchev–Trinajstić information content (AvgIpc) is 3.30. The molecule has 0 aliphatic rings. The van der Waals surface area contributed by atoms with Crippen molar-refractivity contribution >= 4 is 116 Å². The summed E-state index contributed by atoms with van der Waals surface area (Å²) in [6.07, 6.45) is 0. The lowest BCUT2D eigenvalue weighted by molar-refractivity contribution is 0.604. The van der Waals surface area contributed by atoms with Crippen LogP contribution in [0.5, 0.6) is 0 Å². The summed E-state index contributed by atoms with van der Waals surface area (Å²) >= 11 is 2.18. The zero-order valence-corrected chi connectivity index (χ0v) is 43.1. The molecule has 10 aromatic carbocycles. The summed E-state index contributed by atoms with van der Waals surface area (Å²) < 4.78 is 67.9. The Kier molecular flexibility index (Phi) is 11.6. The average molecular weight is 1050 g/mol. The van der Waals surface area contributed by atoms with E-state index in [4.69, 9.17) is 0 Å². The minimum atomic E-state index is -1.71. The predicted molar refractivity (Wildman–Crippen MR) is 294 cm³/mol. The van der Waals surface area contributed by atoms with Gasteiger partial charge in [0.15, 0.2) is 0 Å². The van der Waals surface area contributed by atoms with Gasteiger partial charge in [0.1, 0.15) is 23.3 Å². The fourth-order valence-corrected chi connectivity index (χ4v) is 12.4. The molecular weight excluding hydrogens is 996 g/mol. The van der Waals surface area contributed by atoms with Crippen LogP contribution in [0.15, 0.2) is 170 Å². The molecule has 0 aromatic heterocycles. The first-order chi connectivity index (χ1) is 32.4. The van der Waals surface area contributed by atoms with Crippen LogP contribution in [0.2, 0.25) is 39.3 Å². The van der Waals surface area contributed by atoms with Crippen molar-refractivity contribution in [3.05, 3.63) is 202 Å². The summed E-state index contributed by atoms with van der Waals surface area (Å²) in [6.45, 7) is 15.6. The quantitative estimate of drug-likeness (QED) is 0.0583. The fourth-order valence-electron chi connectivity index (χ4n) is 9.52. The number of nitrogens with zero attached hydrogens (tertiary/aromatic N) is 2. The fraction of sp³-hybridized carbons (Fsp3) is 0.119. The zero-order valence-electron chi connectivity index (χ0n) is 39.0. The van der Waals surface area contributed by atoms with Crippen molar-refractivity contribution in [1.29, 1.82) is 0 Å². The van der Waals surface area contributed by atoms with Gasteiger partial charge in [0.25, 0.3) is 0 Å². The molecule has 0 spiro atoms. The molecule has 68 heavy (non-hydrogen) atoms. The zero-order chi connectivity index (χ0) is 47.8. The highest BCUT2D eigenvalue weighted by Crippen LogP contribution is 2.49. The van der Waals surface area contributed by atoms with Crippen LogP contribution < -0.4 is 20.2 Å². The lowest BCUT2D eigenvalue weighted by Crippen LogP contribution is -2.37. The summed E-state index contributed by atoms with van der Waals surface area (Å²) in [5.41, 5.74) is 5.36. The van der Waals surface area contributed by atoms with Crippen molar-refractivity contribution in [1.82, 2.24) is 0 Å². The van der Waals surface area contributed by atoms with Crippen LogP contribution >= 0.6 is 22.6 Å². The third-order valence-electron chi connectivity index (χ3n) is 13.1. The summed E-state index contributed by atoms with van der Waals surface area (Å²) in [5, 5.41) is 7.83. The van der Waals surface area contributed by atoms with E-state index >= 15 is 17.6 Å². The molecule has 0 bridgehead atoms. The van der Waals surface area contributed by atoms with Crippen LogP contribution in [0.3, 0.4) is 0 Å². The van der Waals surface area contributed by atoms with Crippen LogP contribution in [0.4, 0.5) is 51.7 Å². The van der Waals surface area contributed by atoms with Gasteiger partial charge in [-0.05, 0) is 123 Å². The van der Waals surface area contributed by atoms with Crippen LogP contribution in [0.25, 0.3) is 54.6 Å². The number of hydrogen-bond donors (Lipinski definition) is 0. The molecule has 2 nitrogen and oxygen atoms in total. The molecule has 0 fully saturated rings. The maximum Gasteiger partial charge on any atom is 0.148 e. The Morgan fingerprint density at radius 1 is 0.397 bits per heavy atom. The molecule has 338 valence electrons. The van der Waals surface area contributed by atoms with E-state index in [9.17, 15) is 0 Å². The first-order valence-corrected chi connectivity index (χ1v) is 30.9. The SMILES string of the molecule is Cc1cccc(-c2cc(F)c(N(c3ccc([Si](C)(C)C)cc3)c3ccc4ccc5c(N(c6ccc([Si](C)(C)C)cc6)c6cc(F)c(-c7cccc(I)c7)cc6F)ccc6ccc3c4c65)cc2F)c1. The number of aryl methyl sites for hydroxylation is 1. The van der Waals surface area contributed by atoms with Crippen LogP contribution in [0, 0.1) is 33.8 Å². The van der Waals surface area contributed by atoms with Gasteiger partial charge in [-0.15, -0.1) is 0 Å². The first kappa shape index (κ1) is 45.5. The lowest BCUT2D eigenvalue weighted by atomic mass is 9.91. The Morgan fingerprint density at radius 3 is 1.22 bits per heavy atom. The normalized spacial score (nSPS) is 12.1. The molecule has 0 aliphatic carbocycles. The summed E-state index contributed by atoms with van der Waals surface area (Å²) in [5.74, 6) is -2.21. The molecule has 0 heterocycles. The van der Waals surface area contributed by atoms with Gasteiger partial charge in [0.05, 0.1) is 38.9 Å². The van der Waals surface area contributed by atoms with Crippen LogP contribution in [-0.4, -0.2) is 16.1 Å². The first-order valence-electron chi connectivity index (χ1n) is 22.8. The lowest BCUT2D eigenvalue weighted by Gasteiger charge is -2.30. The van der Waals surface area contributed by atoms with E-state index in [-0.39, 0.29) is 22.5 Å². The smallest absolute Gasteiger partial charge is 0.148 e. The van der Waals surface area contributed by atoms with E-state index in [0.717, 1.165) is 41.5 Å². The minimum absolute atomic E-state index is 0.0768. The minimum Gasteiger partial charge on any atom is -0.307 e. The monoisotopic (exact) mass is 1040 g/mol. The maximum atomic E-state index is 17.0. The molecule has 9 heteroatoms. The third-order valence-corrected chi connectivity index (χ3v) is 17.9. The van der Waals surface area contributed by atoms with Crippen molar-refractivity contribution in [3.63, 3.8) is 0 Å². The van der Waals surface area contributed by atoms with Crippen molar-refractivity contribution in [2.75, 3.05) is 9.80 Å². The molecule has 0 atom stereocenters. The predicted octanol–water partition coefficient (Wildman–Crippen LogP) is 17.4. The Bertz CT molecular complexity index is 3330. The molecule has 0 aliphatic heterocycles. The largest absolute Gasteiger partial charge is 0.307 e. The van der Waals surface area contributed by atoms with E-state index in [1.165, 1.54) is 34.6 Å². The van der Waals surface area contributed by atoms with Gasteiger partial charge >= 0.3 is 0 Å². The van der Waals surface area contributed by atoms with E-state index in [2.05, 4.69) is 86.1 Å². The van der Waals surface area contributed by atoms with Crippen LogP contribution in [0.1, 0.15) is 5.56 Å². The summed E-state index contributed by atoms with van der Waals surface area (Å²) in [6, 6.07) is 52.6. The molecule has 10 aromatic rings. The molecule has 0 amide bonds. The van der Waals surface area contributed by atoms with E-state index in [1.54, 1.807) is 12.1 Å². The maximum absolute atomic E-state index is 17.0. The number of halogens is 5. The van der Waals surface area contributed by atoms with Crippen molar-refractivity contribution in [2.45, 2.75) is 46.2 Å². The van der Waals surface area contributed by atoms with Gasteiger partial charge in [-0.3, -0.25) is 0 Å². The van der Waals surface area contributed by atoms with Gasteiger partial charge in [0, 0.05) is 49.0 Å². The second kappa shape index (κ2) is 17.4. The number of hydrogen-bond acceptors (Lipinski definition) is 2. The molecule has 0 saturated heterocycles. The molecule has 0 radical (unpaired) electrons. The van der Waals surface area contributed by atoms with E-state index in [1.807, 2.05) is 126 Å². The second-order valence-electron chi connectivity index (χ2n) is 19.8. The number of rotatable bonds is 10. The van der Waals surface area contributed by atoms with Crippen molar-refractivity contribution in [3.8, 4) is 22.3 Å². The highest BCUT2D eigenvalue weighted by Gasteiger charge is 2.27. The molecule has 0 unspecified atom stereocenters. The Hall–Kier alpha value is -6.28. The van der Waals surface area contributed by atoms with Gasteiger partial charge in [0.2, 0.25) is 0 Å². The van der Waals surface area contributed by atoms with Gasteiger partial charge in [-0.2, -0.15) is 0 Å². The third kappa shape index (κ3) is 8.28. The molecule has 10 rings (SSSR count). The number of anilines is 6.